The van der Waals surface area contributed by atoms with Gasteiger partial charge in [-0.1, -0.05) is 147 Å². The van der Waals surface area contributed by atoms with Gasteiger partial charge in [0.2, 0.25) is 0 Å². The molecule has 0 bridgehead atoms. The van der Waals surface area contributed by atoms with E-state index in [0.717, 1.165) is 50.0 Å². The Morgan fingerprint density at radius 1 is 0.400 bits per heavy atom. The molecule has 10 aromatic rings. The zero-order chi connectivity index (χ0) is 36.7. The molecule has 1 aliphatic rings. The van der Waals surface area contributed by atoms with Crippen molar-refractivity contribution in [3.05, 3.63) is 199 Å². The molecule has 0 N–H and O–H groups in total. The Kier molecular flexibility index (Phi) is 6.93. The summed E-state index contributed by atoms with van der Waals surface area (Å²) in [5.74, 6) is 0. The van der Waals surface area contributed by atoms with Gasteiger partial charge in [0.05, 0.1) is 0 Å². The van der Waals surface area contributed by atoms with Gasteiger partial charge in [-0.3, -0.25) is 0 Å². The third-order valence-corrected chi connectivity index (χ3v) is 11.8. The SMILES string of the molecule is CC1(C)c2ccccc2-c2ccc(N(c3ccc(-c4ccc5ccccc5c4)cc3)c3ccc(-c4cc5ccccc5c5oc6ccccc6c45)cc3)cc21. The van der Waals surface area contributed by atoms with Crippen molar-refractivity contribution in [1.29, 1.82) is 0 Å². The molecule has 1 aromatic heterocycles. The van der Waals surface area contributed by atoms with Crippen molar-refractivity contribution < 1.29 is 4.42 Å². The predicted octanol–water partition coefficient (Wildman–Crippen LogP) is 15.0. The summed E-state index contributed by atoms with van der Waals surface area (Å²) in [6, 6.07) is 68.5. The number of benzene rings is 9. The minimum absolute atomic E-state index is 0.105. The summed E-state index contributed by atoms with van der Waals surface area (Å²) in [4.78, 5) is 2.40. The van der Waals surface area contributed by atoms with E-state index in [4.69, 9.17) is 4.42 Å². The minimum Gasteiger partial charge on any atom is -0.455 e. The van der Waals surface area contributed by atoms with Gasteiger partial charge in [-0.2, -0.15) is 0 Å². The van der Waals surface area contributed by atoms with E-state index < -0.39 is 0 Å². The van der Waals surface area contributed by atoms with Gasteiger partial charge in [-0.25, -0.2) is 0 Å². The first-order chi connectivity index (χ1) is 27.0. The molecule has 0 atom stereocenters. The fraction of sp³-hybridized carbons (Fsp3) is 0.0566. The Bertz CT molecular complexity index is 3110. The Balaban J connectivity index is 1.05. The Hall–Kier alpha value is -6.90. The number of anilines is 3. The molecular formula is C53H37NO. The van der Waals surface area contributed by atoms with E-state index >= 15 is 0 Å². The van der Waals surface area contributed by atoms with Crippen LogP contribution in [0.15, 0.2) is 192 Å². The van der Waals surface area contributed by atoms with Crippen molar-refractivity contribution in [2.45, 2.75) is 19.3 Å². The van der Waals surface area contributed by atoms with Crippen molar-refractivity contribution in [3.8, 4) is 33.4 Å². The monoisotopic (exact) mass is 703 g/mol. The normalized spacial score (nSPS) is 13.1. The van der Waals surface area contributed by atoms with E-state index in [1.54, 1.807) is 0 Å². The lowest BCUT2D eigenvalue weighted by Gasteiger charge is -2.28. The molecule has 0 radical (unpaired) electrons. The number of nitrogens with zero attached hydrogens (tertiary/aromatic N) is 1. The van der Waals surface area contributed by atoms with Crippen LogP contribution in [0.4, 0.5) is 17.1 Å². The van der Waals surface area contributed by atoms with Crippen LogP contribution in [0, 0.1) is 0 Å². The first kappa shape index (κ1) is 31.6. The van der Waals surface area contributed by atoms with Crippen LogP contribution in [-0.4, -0.2) is 0 Å². The second kappa shape index (κ2) is 12.1. The van der Waals surface area contributed by atoms with Crippen LogP contribution < -0.4 is 4.90 Å². The quantitative estimate of drug-likeness (QED) is 0.177. The van der Waals surface area contributed by atoms with Gasteiger partial charge in [0.1, 0.15) is 11.2 Å². The molecule has 0 saturated carbocycles. The first-order valence-electron chi connectivity index (χ1n) is 19.1. The van der Waals surface area contributed by atoms with Crippen molar-refractivity contribution >= 4 is 60.5 Å². The highest BCUT2D eigenvalue weighted by Crippen LogP contribution is 2.51. The molecule has 2 heteroatoms. The van der Waals surface area contributed by atoms with Crippen molar-refractivity contribution in [2.24, 2.45) is 0 Å². The molecule has 1 aliphatic carbocycles. The van der Waals surface area contributed by atoms with Gasteiger partial charge in [-0.05, 0) is 115 Å². The smallest absolute Gasteiger partial charge is 0.143 e. The van der Waals surface area contributed by atoms with Crippen LogP contribution in [-0.2, 0) is 5.41 Å². The lowest BCUT2D eigenvalue weighted by Crippen LogP contribution is -2.16. The summed E-state index contributed by atoms with van der Waals surface area (Å²) in [5, 5.41) is 7.10. The third kappa shape index (κ3) is 4.95. The second-order valence-corrected chi connectivity index (χ2v) is 15.3. The number of hydrogen-bond donors (Lipinski definition) is 0. The summed E-state index contributed by atoms with van der Waals surface area (Å²) in [6.45, 7) is 4.70. The summed E-state index contributed by atoms with van der Waals surface area (Å²) >= 11 is 0. The minimum atomic E-state index is -0.105. The summed E-state index contributed by atoms with van der Waals surface area (Å²) in [5.41, 5.74) is 15.2. The topological polar surface area (TPSA) is 16.4 Å². The van der Waals surface area contributed by atoms with E-state index in [1.165, 1.54) is 55.1 Å². The molecule has 0 spiro atoms. The molecular weight excluding hydrogens is 667 g/mol. The van der Waals surface area contributed by atoms with E-state index in [0.29, 0.717) is 0 Å². The molecule has 11 rings (SSSR count). The van der Waals surface area contributed by atoms with E-state index in [9.17, 15) is 0 Å². The molecule has 0 fully saturated rings. The molecule has 9 aromatic carbocycles. The van der Waals surface area contributed by atoms with Crippen LogP contribution >= 0.6 is 0 Å². The fourth-order valence-electron chi connectivity index (χ4n) is 9.03. The molecule has 2 nitrogen and oxygen atoms in total. The molecule has 0 amide bonds. The third-order valence-electron chi connectivity index (χ3n) is 11.8. The molecule has 1 heterocycles. The molecule has 0 saturated heterocycles. The summed E-state index contributed by atoms with van der Waals surface area (Å²) < 4.78 is 6.54. The maximum absolute atomic E-state index is 6.54. The largest absolute Gasteiger partial charge is 0.455 e. The highest BCUT2D eigenvalue weighted by Gasteiger charge is 2.35. The van der Waals surface area contributed by atoms with Gasteiger partial charge in [-0.15, -0.1) is 0 Å². The molecule has 260 valence electrons. The van der Waals surface area contributed by atoms with Gasteiger partial charge in [0, 0.05) is 38.6 Å². The molecule has 55 heavy (non-hydrogen) atoms. The number of rotatable bonds is 5. The Morgan fingerprint density at radius 3 is 1.80 bits per heavy atom. The van der Waals surface area contributed by atoms with Crippen LogP contribution in [0.3, 0.4) is 0 Å². The maximum Gasteiger partial charge on any atom is 0.143 e. The summed E-state index contributed by atoms with van der Waals surface area (Å²) in [7, 11) is 0. The predicted molar refractivity (Wildman–Crippen MR) is 232 cm³/mol. The van der Waals surface area contributed by atoms with Crippen molar-refractivity contribution in [2.75, 3.05) is 4.90 Å². The number of para-hydroxylation sites is 1. The summed E-state index contributed by atoms with van der Waals surface area (Å²) in [6.07, 6.45) is 0. The van der Waals surface area contributed by atoms with Crippen LogP contribution in [0.5, 0.6) is 0 Å². The number of hydrogen-bond acceptors (Lipinski definition) is 2. The lowest BCUT2D eigenvalue weighted by atomic mass is 9.82. The first-order valence-corrected chi connectivity index (χ1v) is 19.1. The number of fused-ring (bicyclic) bond motifs is 9. The fourth-order valence-corrected chi connectivity index (χ4v) is 9.03. The second-order valence-electron chi connectivity index (χ2n) is 15.3. The number of furan rings is 1. The van der Waals surface area contributed by atoms with E-state index in [2.05, 4.69) is 201 Å². The Labute approximate surface area is 320 Å². The van der Waals surface area contributed by atoms with Crippen LogP contribution in [0.1, 0.15) is 25.0 Å². The average Bonchev–Trinajstić information content (AvgIpc) is 3.74. The van der Waals surface area contributed by atoms with Gasteiger partial charge in [0.25, 0.3) is 0 Å². The zero-order valence-corrected chi connectivity index (χ0v) is 30.8. The van der Waals surface area contributed by atoms with Crippen molar-refractivity contribution in [1.82, 2.24) is 0 Å². The zero-order valence-electron chi connectivity index (χ0n) is 30.8. The Morgan fingerprint density at radius 2 is 1.00 bits per heavy atom. The standard InChI is InChI=1S/C53H37NO/c1-53(2)48-17-9-7-15-44(48)45-30-29-42(33-49(45)53)54(40-25-21-35(22-26-40)38-20-19-34-11-3-4-12-37(34)31-38)41-27-23-36(24-28-41)47-32-39-13-5-6-14-43(39)52-51(47)46-16-8-10-18-50(46)55-52/h3-33H,1-2H3. The van der Waals surface area contributed by atoms with Crippen LogP contribution in [0.2, 0.25) is 0 Å². The van der Waals surface area contributed by atoms with Gasteiger partial charge in [0.15, 0.2) is 0 Å². The average molecular weight is 704 g/mol. The van der Waals surface area contributed by atoms with Gasteiger partial charge >= 0.3 is 0 Å². The molecule has 0 aliphatic heterocycles. The van der Waals surface area contributed by atoms with Crippen molar-refractivity contribution in [3.63, 3.8) is 0 Å². The van der Waals surface area contributed by atoms with E-state index in [1.807, 2.05) is 6.07 Å². The lowest BCUT2D eigenvalue weighted by molar-refractivity contribution is 0.660. The van der Waals surface area contributed by atoms with Crippen LogP contribution in [0.25, 0.3) is 76.9 Å². The maximum atomic E-state index is 6.54. The highest BCUT2D eigenvalue weighted by molar-refractivity contribution is 6.21. The van der Waals surface area contributed by atoms with E-state index in [-0.39, 0.29) is 5.41 Å². The molecule has 0 unspecified atom stereocenters. The van der Waals surface area contributed by atoms with Gasteiger partial charge < -0.3 is 9.32 Å². The highest BCUT2D eigenvalue weighted by atomic mass is 16.3.